The average molecular weight is 268 g/mol. The molecule has 0 spiro atoms. The van der Waals surface area contributed by atoms with Crippen LogP contribution in [0, 0.1) is 0 Å². The molecule has 0 saturated heterocycles. The van der Waals surface area contributed by atoms with Gasteiger partial charge in [-0.2, -0.15) is 0 Å². The summed E-state index contributed by atoms with van der Waals surface area (Å²) >= 11 is 0. The fraction of sp³-hybridized carbons (Fsp3) is 0.500. The van der Waals surface area contributed by atoms with Crippen LogP contribution in [0.15, 0.2) is 24.3 Å². The standard InChI is InChI=1S/C18H24N2/c1-4-10-19-17-11-16(13-8-9-13)20-18-14(12(2)3)6-5-7-15(17)18/h5-7,11-13H,4,8-10H2,1-3H3,(H,19,20). The van der Waals surface area contributed by atoms with Gasteiger partial charge in [-0.05, 0) is 36.8 Å². The highest BCUT2D eigenvalue weighted by atomic mass is 14.9. The number of rotatable bonds is 5. The third-order valence-electron chi connectivity index (χ3n) is 4.07. The van der Waals surface area contributed by atoms with E-state index in [0.29, 0.717) is 11.8 Å². The van der Waals surface area contributed by atoms with Gasteiger partial charge >= 0.3 is 0 Å². The Morgan fingerprint density at radius 2 is 2.10 bits per heavy atom. The normalized spacial score (nSPS) is 15.0. The third kappa shape index (κ3) is 2.52. The van der Waals surface area contributed by atoms with Crippen LogP contribution in [-0.4, -0.2) is 11.5 Å². The van der Waals surface area contributed by atoms with E-state index in [1.807, 2.05) is 0 Å². The summed E-state index contributed by atoms with van der Waals surface area (Å²) in [7, 11) is 0. The van der Waals surface area contributed by atoms with Crippen LogP contribution in [-0.2, 0) is 0 Å². The summed E-state index contributed by atoms with van der Waals surface area (Å²) in [5.74, 6) is 1.21. The minimum absolute atomic E-state index is 0.514. The van der Waals surface area contributed by atoms with Gasteiger partial charge < -0.3 is 5.32 Å². The van der Waals surface area contributed by atoms with Gasteiger partial charge in [0.25, 0.3) is 0 Å². The van der Waals surface area contributed by atoms with E-state index in [1.54, 1.807) is 0 Å². The molecule has 0 radical (unpaired) electrons. The fourth-order valence-electron chi connectivity index (χ4n) is 2.75. The quantitative estimate of drug-likeness (QED) is 0.820. The number of hydrogen-bond donors (Lipinski definition) is 1. The highest BCUT2D eigenvalue weighted by Crippen LogP contribution is 2.41. The van der Waals surface area contributed by atoms with Gasteiger partial charge in [0, 0.05) is 29.2 Å². The smallest absolute Gasteiger partial charge is 0.0760 e. The maximum atomic E-state index is 4.99. The van der Waals surface area contributed by atoms with Crippen LogP contribution in [0.25, 0.3) is 10.9 Å². The summed E-state index contributed by atoms with van der Waals surface area (Å²) < 4.78 is 0. The van der Waals surface area contributed by atoms with Crippen molar-refractivity contribution < 1.29 is 0 Å². The molecule has 1 fully saturated rings. The van der Waals surface area contributed by atoms with Crippen LogP contribution in [0.2, 0.25) is 0 Å². The molecule has 1 aromatic carbocycles. The van der Waals surface area contributed by atoms with Crippen molar-refractivity contribution in [2.45, 2.75) is 51.9 Å². The first kappa shape index (κ1) is 13.4. The molecule has 2 aromatic rings. The zero-order valence-corrected chi connectivity index (χ0v) is 12.7. The largest absolute Gasteiger partial charge is 0.384 e. The van der Waals surface area contributed by atoms with Crippen molar-refractivity contribution in [1.82, 2.24) is 4.98 Å². The highest BCUT2D eigenvalue weighted by Gasteiger charge is 2.26. The van der Waals surface area contributed by atoms with E-state index < -0.39 is 0 Å². The minimum atomic E-state index is 0.514. The molecule has 1 N–H and O–H groups in total. The van der Waals surface area contributed by atoms with E-state index in [0.717, 1.165) is 13.0 Å². The van der Waals surface area contributed by atoms with E-state index in [-0.39, 0.29) is 0 Å². The molecule has 1 aliphatic rings. The number of aromatic nitrogens is 1. The van der Waals surface area contributed by atoms with Crippen LogP contribution < -0.4 is 5.32 Å². The number of benzene rings is 1. The molecule has 1 aliphatic carbocycles. The lowest BCUT2D eigenvalue weighted by molar-refractivity contribution is 0.870. The summed E-state index contributed by atoms with van der Waals surface area (Å²) in [6.45, 7) is 7.73. The number of pyridine rings is 1. The molecule has 0 amide bonds. The van der Waals surface area contributed by atoms with Crippen molar-refractivity contribution in [3.05, 3.63) is 35.5 Å². The summed E-state index contributed by atoms with van der Waals surface area (Å²) in [6, 6.07) is 8.86. The second-order valence-electron chi connectivity index (χ2n) is 6.19. The van der Waals surface area contributed by atoms with Gasteiger partial charge in [0.1, 0.15) is 0 Å². The topological polar surface area (TPSA) is 24.9 Å². The molecule has 0 bridgehead atoms. The monoisotopic (exact) mass is 268 g/mol. The summed E-state index contributed by atoms with van der Waals surface area (Å²) in [4.78, 5) is 4.99. The van der Waals surface area contributed by atoms with Crippen molar-refractivity contribution in [2.24, 2.45) is 0 Å². The Kier molecular flexibility index (Phi) is 3.64. The predicted molar refractivity (Wildman–Crippen MR) is 86.6 cm³/mol. The molecule has 20 heavy (non-hydrogen) atoms. The number of anilines is 1. The van der Waals surface area contributed by atoms with Crippen LogP contribution in [0.1, 0.15) is 63.1 Å². The molecule has 2 nitrogen and oxygen atoms in total. The number of fused-ring (bicyclic) bond motifs is 1. The van der Waals surface area contributed by atoms with Gasteiger partial charge in [-0.15, -0.1) is 0 Å². The third-order valence-corrected chi connectivity index (χ3v) is 4.07. The second kappa shape index (κ2) is 5.43. The Hall–Kier alpha value is -1.57. The Labute approximate surface area is 121 Å². The maximum absolute atomic E-state index is 4.99. The Balaban J connectivity index is 2.16. The molecule has 0 unspecified atom stereocenters. The van der Waals surface area contributed by atoms with Gasteiger partial charge in [-0.25, -0.2) is 0 Å². The second-order valence-corrected chi connectivity index (χ2v) is 6.19. The Morgan fingerprint density at radius 3 is 2.75 bits per heavy atom. The highest BCUT2D eigenvalue weighted by molar-refractivity contribution is 5.93. The van der Waals surface area contributed by atoms with E-state index in [2.05, 4.69) is 50.4 Å². The van der Waals surface area contributed by atoms with Crippen molar-refractivity contribution in [2.75, 3.05) is 11.9 Å². The minimum Gasteiger partial charge on any atom is -0.384 e. The lowest BCUT2D eigenvalue weighted by atomic mass is 9.98. The molecule has 0 atom stereocenters. The molecule has 1 aromatic heterocycles. The van der Waals surface area contributed by atoms with Crippen molar-refractivity contribution in [3.8, 4) is 0 Å². The summed E-state index contributed by atoms with van der Waals surface area (Å²) in [5, 5.41) is 4.86. The van der Waals surface area contributed by atoms with Gasteiger partial charge in [0.15, 0.2) is 0 Å². The molecule has 1 saturated carbocycles. The van der Waals surface area contributed by atoms with E-state index in [1.165, 1.54) is 40.7 Å². The Morgan fingerprint density at radius 1 is 1.30 bits per heavy atom. The number of nitrogens with zero attached hydrogens (tertiary/aromatic N) is 1. The lowest BCUT2D eigenvalue weighted by Gasteiger charge is -2.15. The van der Waals surface area contributed by atoms with Crippen molar-refractivity contribution in [1.29, 1.82) is 0 Å². The van der Waals surface area contributed by atoms with Crippen LogP contribution >= 0.6 is 0 Å². The zero-order chi connectivity index (χ0) is 14.1. The average Bonchev–Trinajstić information content (AvgIpc) is 3.28. The molecule has 3 rings (SSSR count). The van der Waals surface area contributed by atoms with Gasteiger partial charge in [0.2, 0.25) is 0 Å². The first-order valence-corrected chi connectivity index (χ1v) is 7.88. The summed E-state index contributed by atoms with van der Waals surface area (Å²) in [6.07, 6.45) is 3.75. The van der Waals surface area contributed by atoms with E-state index in [9.17, 15) is 0 Å². The van der Waals surface area contributed by atoms with Gasteiger partial charge in [-0.3, -0.25) is 4.98 Å². The molecule has 0 aliphatic heterocycles. The van der Waals surface area contributed by atoms with Crippen LogP contribution in [0.4, 0.5) is 5.69 Å². The van der Waals surface area contributed by atoms with Crippen LogP contribution in [0.3, 0.4) is 0 Å². The number of hydrogen-bond acceptors (Lipinski definition) is 2. The zero-order valence-electron chi connectivity index (χ0n) is 12.7. The predicted octanol–water partition coefficient (Wildman–Crippen LogP) is 5.06. The first-order valence-electron chi connectivity index (χ1n) is 7.88. The maximum Gasteiger partial charge on any atom is 0.0760 e. The van der Waals surface area contributed by atoms with E-state index >= 15 is 0 Å². The van der Waals surface area contributed by atoms with Crippen molar-refractivity contribution in [3.63, 3.8) is 0 Å². The van der Waals surface area contributed by atoms with Gasteiger partial charge in [-0.1, -0.05) is 39.0 Å². The number of para-hydroxylation sites is 1. The molecule has 106 valence electrons. The fourth-order valence-corrected chi connectivity index (χ4v) is 2.75. The van der Waals surface area contributed by atoms with Crippen LogP contribution in [0.5, 0.6) is 0 Å². The van der Waals surface area contributed by atoms with Gasteiger partial charge in [0.05, 0.1) is 5.52 Å². The number of nitrogens with one attached hydrogen (secondary N) is 1. The molecule has 1 heterocycles. The molecule has 2 heteroatoms. The SMILES string of the molecule is CCCNc1cc(C2CC2)nc2c(C(C)C)cccc12. The first-order chi connectivity index (χ1) is 9.70. The van der Waals surface area contributed by atoms with E-state index in [4.69, 9.17) is 4.98 Å². The Bertz CT molecular complexity index is 612. The van der Waals surface area contributed by atoms with Crippen molar-refractivity contribution >= 4 is 16.6 Å². The molecular weight excluding hydrogens is 244 g/mol. The lowest BCUT2D eigenvalue weighted by Crippen LogP contribution is -2.04. The molecular formula is C18H24N2. The summed E-state index contributed by atoms with van der Waals surface area (Å²) in [5.41, 5.74) is 5.11.